The fraction of sp³-hybridized carbons (Fsp3) is 0.500. The second kappa shape index (κ2) is 10.8. The molecule has 226 valence electrons. The number of nitrogens with one attached hydrogen (secondary N) is 2. The third-order valence-electron chi connectivity index (χ3n) is 6.76. The minimum absolute atomic E-state index is 0.00617. The first-order valence-electron chi connectivity index (χ1n) is 12.2. The average molecular weight is 633 g/mol. The van der Waals surface area contributed by atoms with Crippen molar-refractivity contribution in [1.82, 2.24) is 39.0 Å². The molecule has 2 saturated heterocycles. The van der Waals surface area contributed by atoms with Crippen LogP contribution in [0, 0.1) is 0 Å². The summed E-state index contributed by atoms with van der Waals surface area (Å²) in [5.74, 6) is -0.269. The molecule has 22 heteroatoms. The van der Waals surface area contributed by atoms with Crippen molar-refractivity contribution in [2.75, 3.05) is 18.9 Å². The van der Waals surface area contributed by atoms with Crippen LogP contribution in [0.2, 0.25) is 0 Å². The van der Waals surface area contributed by atoms with E-state index in [0.29, 0.717) is 0 Å². The van der Waals surface area contributed by atoms with Gasteiger partial charge in [0.1, 0.15) is 24.4 Å². The number of nitrogens with zero attached hydrogens (tertiary/aromatic N) is 6. The predicted molar refractivity (Wildman–Crippen MR) is 139 cm³/mol. The predicted octanol–water partition coefficient (Wildman–Crippen LogP) is -0.901. The maximum Gasteiger partial charge on any atom is 0.386 e. The Labute approximate surface area is 236 Å². The number of aliphatic hydroxyl groups excluding tert-OH is 2. The Morgan fingerprint density at radius 2 is 1.71 bits per heavy atom. The molecular formula is C20H22F2N9O9PS. The zero-order chi connectivity index (χ0) is 29.9. The Morgan fingerprint density at radius 1 is 1.05 bits per heavy atom. The summed E-state index contributed by atoms with van der Waals surface area (Å²) in [6, 6.07) is 0. The van der Waals surface area contributed by atoms with Gasteiger partial charge in [0.2, 0.25) is 5.95 Å². The first kappa shape index (κ1) is 28.8. The second-order valence-electron chi connectivity index (χ2n) is 9.36. The zero-order valence-corrected chi connectivity index (χ0v) is 22.7. The maximum absolute atomic E-state index is 15.3. The number of hydrogen-bond donors (Lipinski definition) is 6. The van der Waals surface area contributed by atoms with Gasteiger partial charge in [0, 0.05) is 0 Å². The minimum atomic E-state index is -4.50. The zero-order valence-electron chi connectivity index (χ0n) is 20.9. The molecule has 0 radical (unpaired) electrons. The van der Waals surface area contributed by atoms with E-state index in [4.69, 9.17) is 24.3 Å². The van der Waals surface area contributed by atoms with Crippen molar-refractivity contribution >= 4 is 47.3 Å². The van der Waals surface area contributed by atoms with E-state index in [-0.39, 0.29) is 28.3 Å². The molecule has 4 aromatic heterocycles. The van der Waals surface area contributed by atoms with E-state index in [9.17, 15) is 24.4 Å². The molecule has 2 aliphatic rings. The van der Waals surface area contributed by atoms with E-state index in [0.717, 1.165) is 28.1 Å². The molecular weight excluding hydrogens is 611 g/mol. The number of nitrogen functional groups attached to an aromatic ring is 1. The number of rotatable bonds is 8. The van der Waals surface area contributed by atoms with Gasteiger partial charge in [-0.25, -0.2) is 28.3 Å². The van der Waals surface area contributed by atoms with Crippen LogP contribution in [0.25, 0.3) is 22.3 Å². The minimum Gasteiger partial charge on any atom is -0.394 e. The number of aromatic amines is 2. The van der Waals surface area contributed by atoms with Gasteiger partial charge in [0.05, 0.1) is 32.2 Å². The van der Waals surface area contributed by atoms with Crippen LogP contribution in [0.1, 0.15) is 12.5 Å². The number of aromatic nitrogens is 8. The van der Waals surface area contributed by atoms with Crippen LogP contribution >= 0.6 is 19.0 Å². The molecule has 6 N–H and O–H groups in total. The number of halogens is 2. The van der Waals surface area contributed by atoms with Crippen molar-refractivity contribution in [2.45, 2.75) is 49.2 Å². The highest BCUT2D eigenvalue weighted by molar-refractivity contribution is 8.44. The Balaban J connectivity index is 1.19. The molecule has 0 spiro atoms. The molecule has 0 aliphatic carbocycles. The number of H-pyrrole nitrogens is 2. The number of ether oxygens (including phenoxy) is 2. The highest BCUT2D eigenvalue weighted by Crippen LogP contribution is 2.57. The quantitative estimate of drug-likeness (QED) is 0.102. The Bertz CT molecular complexity index is 1800. The first-order valence-corrected chi connectivity index (χ1v) is 14.8. The summed E-state index contributed by atoms with van der Waals surface area (Å²) in [6.45, 7) is -6.01. The summed E-state index contributed by atoms with van der Waals surface area (Å²) in [5.41, 5.74) is 4.00. The van der Waals surface area contributed by atoms with Gasteiger partial charge >= 0.3 is 6.80 Å². The number of anilines is 1. The van der Waals surface area contributed by atoms with E-state index in [2.05, 4.69) is 42.2 Å². The lowest BCUT2D eigenvalue weighted by molar-refractivity contribution is -0.0530. The number of nitrogens with two attached hydrogens (primary N) is 1. The van der Waals surface area contributed by atoms with Crippen LogP contribution in [-0.4, -0.2) is 99.2 Å². The fourth-order valence-electron chi connectivity index (χ4n) is 4.77. The van der Waals surface area contributed by atoms with Gasteiger partial charge in [-0.05, 0) is 0 Å². The molecule has 2 fully saturated rings. The molecule has 0 saturated carbocycles. The highest BCUT2D eigenvalue weighted by atomic mass is 32.7. The molecule has 2 aliphatic heterocycles. The molecule has 18 nitrogen and oxygen atoms in total. The lowest BCUT2D eigenvalue weighted by atomic mass is 10.1. The van der Waals surface area contributed by atoms with Crippen LogP contribution in [0.5, 0.6) is 0 Å². The molecule has 0 bridgehead atoms. The molecule has 0 unspecified atom stereocenters. The third kappa shape index (κ3) is 4.90. The molecule has 6 heterocycles. The van der Waals surface area contributed by atoms with Gasteiger partial charge in [-0.1, -0.05) is 12.2 Å². The summed E-state index contributed by atoms with van der Waals surface area (Å²) < 4.78 is 67.4. The molecule has 0 amide bonds. The summed E-state index contributed by atoms with van der Waals surface area (Å²) in [6.07, 6.45) is -10.1. The van der Waals surface area contributed by atoms with Crippen molar-refractivity contribution in [3.63, 3.8) is 0 Å². The molecule has 9 atom stereocenters. The van der Waals surface area contributed by atoms with E-state index < -0.39 is 80.3 Å². The number of imidazole rings is 2. The summed E-state index contributed by atoms with van der Waals surface area (Å²) >= 11 is 3.89. The van der Waals surface area contributed by atoms with Crippen LogP contribution < -0.4 is 16.9 Å². The molecule has 4 aromatic rings. The number of fused-ring (bicyclic) bond motifs is 2. The first-order chi connectivity index (χ1) is 20.0. The van der Waals surface area contributed by atoms with E-state index in [1.165, 1.54) is 0 Å². The van der Waals surface area contributed by atoms with E-state index in [1.807, 2.05) is 0 Å². The summed E-state index contributed by atoms with van der Waals surface area (Å²) in [5, 5.41) is 20.0. The van der Waals surface area contributed by atoms with Gasteiger partial charge < -0.3 is 30.4 Å². The van der Waals surface area contributed by atoms with Crippen LogP contribution in [0.3, 0.4) is 0 Å². The fourth-order valence-corrected chi connectivity index (χ4v) is 6.22. The van der Waals surface area contributed by atoms with Gasteiger partial charge in [-0.3, -0.25) is 32.8 Å². The number of thiol groups is 1. The lowest BCUT2D eigenvalue weighted by Gasteiger charge is -2.25. The van der Waals surface area contributed by atoms with Crippen molar-refractivity contribution in [1.29, 1.82) is 0 Å². The monoisotopic (exact) mass is 633 g/mol. The summed E-state index contributed by atoms with van der Waals surface area (Å²) in [4.78, 5) is 44.4. The van der Waals surface area contributed by atoms with Gasteiger partial charge in [-0.2, -0.15) is 4.98 Å². The Hall–Kier alpha value is -3.30. The van der Waals surface area contributed by atoms with E-state index in [1.54, 1.807) is 0 Å². The van der Waals surface area contributed by atoms with E-state index >= 15 is 8.78 Å². The van der Waals surface area contributed by atoms with Gasteiger partial charge in [0.15, 0.2) is 47.1 Å². The number of hydrogen-bond acceptors (Lipinski definition) is 14. The van der Waals surface area contributed by atoms with Crippen LogP contribution in [0.4, 0.5) is 14.7 Å². The van der Waals surface area contributed by atoms with Crippen molar-refractivity contribution in [2.24, 2.45) is 0 Å². The highest BCUT2D eigenvalue weighted by Gasteiger charge is 2.51. The smallest absolute Gasteiger partial charge is 0.386 e. The molecule has 42 heavy (non-hydrogen) atoms. The van der Waals surface area contributed by atoms with Crippen molar-refractivity contribution < 1.29 is 42.1 Å². The van der Waals surface area contributed by atoms with Gasteiger partial charge in [-0.15, -0.1) is 0 Å². The third-order valence-corrected chi connectivity index (χ3v) is 8.37. The van der Waals surface area contributed by atoms with Crippen LogP contribution in [-0.2, 0) is 23.1 Å². The van der Waals surface area contributed by atoms with Gasteiger partial charge in [0.25, 0.3) is 11.1 Å². The number of aliphatic hydroxyl groups is 2. The topological polar surface area (TPSA) is 248 Å². The average Bonchev–Trinajstić information content (AvgIpc) is 3.69. The SMILES string of the molecule is Nc1nc2c(ncn2[C@@H]2O[C@H](CO)[C@H](F)[C@H]2O[P@](=O)(S)OC[C@H]2O[C@@H](n3cnc4c(=O)[nH]cnc43)[C@@H](F)[C@@H]2O)c(=O)[nH]1. The molecule has 0 aromatic carbocycles. The number of alkyl halides is 2. The standard InChI is InChI=1S/C20H22F2N9O9PS/c21-8-6(1-32)38-19(31-5-27-11-15(31)28-20(23)29-17(11)35)13(8)40-41(36,42)37-2-7-12(33)9(22)18(39-7)30-4-26-10-14(30)24-3-25-16(10)34/h3-9,12-13,18-19,32-33H,1-2H2,(H,36,42)(H,24,25,34)(H3,23,28,29,35)/t6-,7-,8+,9+,12-,13-,18-,19-,41-/m1/s1. The maximum atomic E-state index is 15.3. The lowest BCUT2D eigenvalue weighted by Crippen LogP contribution is -2.33. The summed E-state index contributed by atoms with van der Waals surface area (Å²) in [7, 11) is 0. The second-order valence-corrected chi connectivity index (χ2v) is 12.2. The van der Waals surface area contributed by atoms with Crippen LogP contribution in [0.15, 0.2) is 28.6 Å². The Morgan fingerprint density at radius 3 is 2.43 bits per heavy atom. The largest absolute Gasteiger partial charge is 0.394 e. The van der Waals surface area contributed by atoms with Crippen molar-refractivity contribution in [3.8, 4) is 0 Å². The van der Waals surface area contributed by atoms with Crippen molar-refractivity contribution in [3.05, 3.63) is 39.7 Å². The Kier molecular flexibility index (Phi) is 7.38. The molecule has 6 rings (SSSR count). The normalized spacial score (nSPS) is 31.3.